The summed E-state index contributed by atoms with van der Waals surface area (Å²) in [6.07, 6.45) is 0. The maximum absolute atomic E-state index is 12.1. The SMILES string of the molecule is CC(C)(C)ONS(=O)(=O)c1cccc2c1N=S=N2. The molecule has 0 aromatic heterocycles. The Bertz CT molecular complexity index is 641. The van der Waals surface area contributed by atoms with Gasteiger partial charge in [0.25, 0.3) is 10.0 Å². The van der Waals surface area contributed by atoms with Crippen LogP contribution in [0.1, 0.15) is 20.8 Å². The first kappa shape index (κ1) is 13.3. The lowest BCUT2D eigenvalue weighted by Gasteiger charge is -2.19. The van der Waals surface area contributed by atoms with Gasteiger partial charge in [0.2, 0.25) is 0 Å². The Kier molecular flexibility index (Phi) is 3.37. The summed E-state index contributed by atoms with van der Waals surface area (Å²) in [5, 5.41) is 0. The first-order chi connectivity index (χ1) is 8.30. The van der Waals surface area contributed by atoms with E-state index in [2.05, 4.69) is 13.6 Å². The van der Waals surface area contributed by atoms with Crippen molar-refractivity contribution in [3.8, 4) is 0 Å². The summed E-state index contributed by atoms with van der Waals surface area (Å²) in [6, 6.07) is 4.80. The van der Waals surface area contributed by atoms with Gasteiger partial charge >= 0.3 is 0 Å². The van der Waals surface area contributed by atoms with E-state index < -0.39 is 15.6 Å². The van der Waals surface area contributed by atoms with Gasteiger partial charge in [-0.3, -0.25) is 4.84 Å². The fraction of sp³-hybridized carbons (Fsp3) is 0.400. The molecule has 0 amide bonds. The zero-order valence-corrected chi connectivity index (χ0v) is 11.8. The second-order valence-corrected chi connectivity index (χ2v) is 6.83. The standard InChI is InChI=1S/C10H13N3O3S2/c1-10(2,3)16-13-18(14,15)8-6-4-5-7-9(8)12-17-11-7/h4-6,13H,1-3H3. The number of rotatable bonds is 3. The van der Waals surface area contributed by atoms with E-state index in [9.17, 15) is 8.42 Å². The molecule has 2 rings (SSSR count). The number of nitrogens with one attached hydrogen (secondary N) is 1. The van der Waals surface area contributed by atoms with Gasteiger partial charge < -0.3 is 0 Å². The van der Waals surface area contributed by atoms with E-state index in [0.717, 1.165) is 11.4 Å². The molecule has 1 aromatic rings. The minimum absolute atomic E-state index is 0.0676. The summed E-state index contributed by atoms with van der Waals surface area (Å²) in [6.45, 7) is 5.25. The molecule has 0 spiro atoms. The second-order valence-electron chi connectivity index (χ2n) is 4.69. The van der Waals surface area contributed by atoms with Crippen molar-refractivity contribution in [2.45, 2.75) is 31.3 Å². The highest BCUT2D eigenvalue weighted by molar-refractivity contribution is 7.89. The highest BCUT2D eigenvalue weighted by atomic mass is 32.2. The molecule has 1 aliphatic heterocycles. The van der Waals surface area contributed by atoms with Crippen molar-refractivity contribution in [2.75, 3.05) is 0 Å². The molecule has 1 aliphatic rings. The Morgan fingerprint density at radius 1 is 1.28 bits per heavy atom. The Morgan fingerprint density at radius 2 is 2.00 bits per heavy atom. The maximum atomic E-state index is 12.1. The predicted octanol–water partition coefficient (Wildman–Crippen LogP) is 2.42. The van der Waals surface area contributed by atoms with Gasteiger partial charge in [0.1, 0.15) is 16.3 Å². The molecule has 0 radical (unpaired) electrons. The molecule has 6 nitrogen and oxygen atoms in total. The van der Waals surface area contributed by atoms with Gasteiger partial charge in [-0.05, 0) is 32.9 Å². The molecule has 0 fully saturated rings. The van der Waals surface area contributed by atoms with Crippen molar-refractivity contribution in [1.29, 1.82) is 0 Å². The number of benzene rings is 1. The topological polar surface area (TPSA) is 80.1 Å². The molecule has 0 saturated heterocycles. The Morgan fingerprint density at radius 3 is 2.67 bits per heavy atom. The number of nitrogens with zero attached hydrogens (tertiary/aromatic N) is 2. The van der Waals surface area contributed by atoms with Crippen LogP contribution in [-0.4, -0.2) is 14.0 Å². The van der Waals surface area contributed by atoms with Crippen LogP contribution in [0.3, 0.4) is 0 Å². The molecule has 0 aliphatic carbocycles. The summed E-state index contributed by atoms with van der Waals surface area (Å²) in [4.78, 5) is 7.27. The number of fused-ring (bicyclic) bond motifs is 1. The lowest BCUT2D eigenvalue weighted by molar-refractivity contribution is -0.0357. The summed E-state index contributed by atoms with van der Waals surface area (Å²) in [7, 11) is -3.76. The monoisotopic (exact) mass is 287 g/mol. The molecule has 8 heteroatoms. The predicted molar refractivity (Wildman–Crippen MR) is 69.1 cm³/mol. The number of hydrogen-bond acceptors (Lipinski definition) is 5. The summed E-state index contributed by atoms with van der Waals surface area (Å²) in [5.41, 5.74) is 0.299. The fourth-order valence-electron chi connectivity index (χ4n) is 1.22. The van der Waals surface area contributed by atoms with E-state index in [0.29, 0.717) is 11.4 Å². The van der Waals surface area contributed by atoms with E-state index in [1.54, 1.807) is 32.9 Å². The van der Waals surface area contributed by atoms with Gasteiger partial charge in [-0.25, -0.2) is 8.42 Å². The average molecular weight is 287 g/mol. The van der Waals surface area contributed by atoms with Gasteiger partial charge in [-0.1, -0.05) is 11.0 Å². The van der Waals surface area contributed by atoms with Crippen LogP contribution in [0.15, 0.2) is 31.8 Å². The van der Waals surface area contributed by atoms with Gasteiger partial charge in [0.05, 0.1) is 17.0 Å². The van der Waals surface area contributed by atoms with Crippen LogP contribution in [0, 0.1) is 0 Å². The smallest absolute Gasteiger partial charge is 0.264 e. The molecular formula is C10H13N3O3S2. The summed E-state index contributed by atoms with van der Waals surface area (Å²) >= 11 is 0.974. The molecule has 1 aromatic carbocycles. The highest BCUT2D eigenvalue weighted by Crippen LogP contribution is 2.37. The molecule has 18 heavy (non-hydrogen) atoms. The van der Waals surface area contributed by atoms with E-state index in [1.807, 2.05) is 0 Å². The largest absolute Gasteiger partial charge is 0.281 e. The average Bonchev–Trinajstić information content (AvgIpc) is 2.73. The van der Waals surface area contributed by atoms with Gasteiger partial charge in [0, 0.05) is 0 Å². The molecular weight excluding hydrogens is 274 g/mol. The van der Waals surface area contributed by atoms with Crippen LogP contribution >= 0.6 is 0 Å². The van der Waals surface area contributed by atoms with Crippen LogP contribution in [0.2, 0.25) is 0 Å². The van der Waals surface area contributed by atoms with Gasteiger partial charge in [-0.2, -0.15) is 8.73 Å². The Labute approximate surface area is 109 Å². The number of hydrogen-bond donors (Lipinski definition) is 1. The first-order valence-electron chi connectivity index (χ1n) is 5.21. The van der Waals surface area contributed by atoms with Crippen LogP contribution in [-0.2, 0) is 26.2 Å². The van der Waals surface area contributed by atoms with Crippen LogP contribution in [0.4, 0.5) is 11.4 Å². The molecule has 0 unspecified atom stereocenters. The van der Waals surface area contributed by atoms with Gasteiger partial charge in [0.15, 0.2) is 0 Å². The Hall–Kier alpha value is -1.09. The van der Waals surface area contributed by atoms with Crippen molar-refractivity contribution in [2.24, 2.45) is 8.73 Å². The molecule has 0 saturated carbocycles. The van der Waals surface area contributed by atoms with Crippen molar-refractivity contribution in [3.05, 3.63) is 18.2 Å². The van der Waals surface area contributed by atoms with E-state index >= 15 is 0 Å². The van der Waals surface area contributed by atoms with Crippen molar-refractivity contribution in [1.82, 2.24) is 4.89 Å². The number of sulfonamides is 1. The third kappa shape index (κ3) is 2.83. The van der Waals surface area contributed by atoms with Crippen molar-refractivity contribution < 1.29 is 13.3 Å². The summed E-state index contributed by atoms with van der Waals surface area (Å²) < 4.78 is 32.2. The van der Waals surface area contributed by atoms with Crippen LogP contribution in [0.25, 0.3) is 0 Å². The third-order valence-corrected chi connectivity index (χ3v) is 3.75. The van der Waals surface area contributed by atoms with Gasteiger partial charge in [-0.15, -0.1) is 0 Å². The highest BCUT2D eigenvalue weighted by Gasteiger charge is 2.24. The first-order valence-corrected chi connectivity index (χ1v) is 7.42. The second kappa shape index (κ2) is 4.54. The zero-order chi connectivity index (χ0) is 13.4. The third-order valence-electron chi connectivity index (χ3n) is 2.00. The quantitative estimate of drug-likeness (QED) is 0.880. The minimum atomic E-state index is -3.76. The fourth-order valence-corrected chi connectivity index (χ4v) is 2.94. The van der Waals surface area contributed by atoms with Crippen molar-refractivity contribution in [3.63, 3.8) is 0 Å². The van der Waals surface area contributed by atoms with E-state index in [-0.39, 0.29) is 4.90 Å². The lowest BCUT2D eigenvalue weighted by Crippen LogP contribution is -2.33. The maximum Gasteiger partial charge on any atom is 0.264 e. The van der Waals surface area contributed by atoms with Crippen molar-refractivity contribution >= 4 is 32.8 Å². The van der Waals surface area contributed by atoms with Crippen LogP contribution in [0.5, 0.6) is 0 Å². The molecule has 98 valence electrons. The normalized spacial score (nSPS) is 14.4. The zero-order valence-electron chi connectivity index (χ0n) is 10.2. The minimum Gasteiger partial charge on any atom is -0.281 e. The summed E-state index contributed by atoms with van der Waals surface area (Å²) in [5.74, 6) is 0. The van der Waals surface area contributed by atoms with E-state index in [4.69, 9.17) is 4.84 Å². The van der Waals surface area contributed by atoms with Crippen LogP contribution < -0.4 is 4.89 Å². The molecule has 1 heterocycles. The molecule has 0 atom stereocenters. The lowest BCUT2D eigenvalue weighted by atomic mass is 10.2. The van der Waals surface area contributed by atoms with E-state index in [1.165, 1.54) is 6.07 Å². The Balaban J connectivity index is 2.32. The molecule has 1 N–H and O–H groups in total. The molecule has 0 bridgehead atoms.